The molecule has 3 heteroatoms. The Labute approximate surface area is 70.8 Å². The lowest BCUT2D eigenvalue weighted by atomic mass is 10.0. The summed E-state index contributed by atoms with van der Waals surface area (Å²) in [7, 11) is 0. The molecule has 1 aromatic rings. The summed E-state index contributed by atoms with van der Waals surface area (Å²) in [5.74, 6) is -0.941. The van der Waals surface area contributed by atoms with Gasteiger partial charge >= 0.3 is 0 Å². The number of para-hydroxylation sites is 1. The van der Waals surface area contributed by atoms with Crippen LogP contribution in [0.1, 0.15) is 24.9 Å². The van der Waals surface area contributed by atoms with E-state index in [1.54, 1.807) is 12.1 Å². The number of nitrogens with two attached hydrogens (primary N) is 1. The van der Waals surface area contributed by atoms with Crippen LogP contribution < -0.4 is 5.73 Å². The van der Waals surface area contributed by atoms with Crippen LogP contribution in [0, 0.1) is 5.82 Å². The molecule has 0 aliphatic carbocycles. The zero-order chi connectivity index (χ0) is 9.14. The first-order valence-electron chi connectivity index (χ1n) is 3.89. The number of hydrogen-bond donors (Lipinski definition) is 2. The zero-order valence-corrected chi connectivity index (χ0v) is 6.92. The van der Waals surface area contributed by atoms with E-state index in [-0.39, 0.29) is 11.8 Å². The summed E-state index contributed by atoms with van der Waals surface area (Å²) >= 11 is 0. The van der Waals surface area contributed by atoms with Crippen LogP contribution in [-0.4, -0.2) is 5.11 Å². The summed E-state index contributed by atoms with van der Waals surface area (Å²) in [6.07, 6.45) is 0.678. The molecule has 0 amide bonds. The Balaban J connectivity index is 3.07. The average molecular weight is 169 g/mol. The SMILES string of the molecule is CC[C@H](N)c1cccc(F)c1O. The smallest absolute Gasteiger partial charge is 0.165 e. The van der Waals surface area contributed by atoms with Gasteiger partial charge in [-0.1, -0.05) is 19.1 Å². The standard InChI is InChI=1S/C9H12FNO/c1-2-8(11)6-4-3-5-7(10)9(6)12/h3-5,8,12H,2,11H2,1H3/t8-/m0/s1. The van der Waals surface area contributed by atoms with E-state index in [9.17, 15) is 9.50 Å². The van der Waals surface area contributed by atoms with Gasteiger partial charge < -0.3 is 10.8 Å². The number of benzene rings is 1. The van der Waals surface area contributed by atoms with Crippen molar-refractivity contribution in [3.8, 4) is 5.75 Å². The highest BCUT2D eigenvalue weighted by Gasteiger charge is 2.11. The molecule has 12 heavy (non-hydrogen) atoms. The Hall–Kier alpha value is -1.09. The molecule has 1 atom stereocenters. The highest BCUT2D eigenvalue weighted by Crippen LogP contribution is 2.26. The lowest BCUT2D eigenvalue weighted by molar-refractivity contribution is 0.419. The van der Waals surface area contributed by atoms with Gasteiger partial charge in [0.1, 0.15) is 0 Å². The summed E-state index contributed by atoms with van der Waals surface area (Å²) in [6.45, 7) is 1.88. The molecule has 1 aromatic carbocycles. The van der Waals surface area contributed by atoms with Crippen molar-refractivity contribution in [1.82, 2.24) is 0 Å². The predicted molar refractivity (Wildman–Crippen MR) is 45.3 cm³/mol. The van der Waals surface area contributed by atoms with Crippen molar-refractivity contribution >= 4 is 0 Å². The first kappa shape index (κ1) is 9.00. The number of phenols is 1. The fourth-order valence-electron chi connectivity index (χ4n) is 1.05. The van der Waals surface area contributed by atoms with E-state index in [0.717, 1.165) is 0 Å². The number of halogens is 1. The predicted octanol–water partition coefficient (Wildman–Crippen LogP) is 1.94. The first-order chi connectivity index (χ1) is 5.66. The molecule has 0 aliphatic rings. The summed E-state index contributed by atoms with van der Waals surface area (Å²) in [5.41, 5.74) is 6.11. The van der Waals surface area contributed by atoms with Crippen molar-refractivity contribution in [3.63, 3.8) is 0 Å². The maximum absolute atomic E-state index is 12.8. The molecule has 0 heterocycles. The maximum Gasteiger partial charge on any atom is 0.165 e. The maximum atomic E-state index is 12.8. The zero-order valence-electron chi connectivity index (χ0n) is 6.92. The van der Waals surface area contributed by atoms with E-state index in [0.29, 0.717) is 12.0 Å². The highest BCUT2D eigenvalue weighted by atomic mass is 19.1. The molecule has 1 rings (SSSR count). The van der Waals surface area contributed by atoms with E-state index < -0.39 is 5.82 Å². The molecule has 0 spiro atoms. The van der Waals surface area contributed by atoms with E-state index in [1.165, 1.54) is 6.07 Å². The van der Waals surface area contributed by atoms with Gasteiger partial charge in [0.15, 0.2) is 11.6 Å². The minimum Gasteiger partial charge on any atom is -0.505 e. The van der Waals surface area contributed by atoms with Gasteiger partial charge in [0, 0.05) is 11.6 Å². The minimum atomic E-state index is -0.614. The summed E-state index contributed by atoms with van der Waals surface area (Å²) < 4.78 is 12.8. The van der Waals surface area contributed by atoms with Gasteiger partial charge in [-0.3, -0.25) is 0 Å². The van der Waals surface area contributed by atoms with Crippen molar-refractivity contribution in [2.45, 2.75) is 19.4 Å². The Morgan fingerprint density at radius 2 is 2.25 bits per heavy atom. The van der Waals surface area contributed by atoms with Crippen molar-refractivity contribution < 1.29 is 9.50 Å². The van der Waals surface area contributed by atoms with Crippen LogP contribution >= 0.6 is 0 Å². The number of rotatable bonds is 2. The quantitative estimate of drug-likeness (QED) is 0.710. The highest BCUT2D eigenvalue weighted by molar-refractivity contribution is 5.35. The Kier molecular flexibility index (Phi) is 2.65. The monoisotopic (exact) mass is 169 g/mol. The van der Waals surface area contributed by atoms with Gasteiger partial charge in [-0.25, -0.2) is 4.39 Å². The molecule has 66 valence electrons. The van der Waals surface area contributed by atoms with Crippen LogP contribution in [0.5, 0.6) is 5.75 Å². The first-order valence-corrected chi connectivity index (χ1v) is 3.89. The molecule has 0 aromatic heterocycles. The van der Waals surface area contributed by atoms with Crippen LogP contribution in [0.25, 0.3) is 0 Å². The number of aromatic hydroxyl groups is 1. The molecule has 0 saturated heterocycles. The largest absolute Gasteiger partial charge is 0.505 e. The topological polar surface area (TPSA) is 46.2 Å². The molecular weight excluding hydrogens is 157 g/mol. The van der Waals surface area contributed by atoms with Crippen LogP contribution in [0.4, 0.5) is 4.39 Å². The lowest BCUT2D eigenvalue weighted by Crippen LogP contribution is -2.09. The summed E-state index contributed by atoms with van der Waals surface area (Å²) in [6, 6.07) is 4.09. The van der Waals surface area contributed by atoms with E-state index >= 15 is 0 Å². The summed E-state index contributed by atoms with van der Waals surface area (Å²) in [4.78, 5) is 0. The van der Waals surface area contributed by atoms with Crippen LogP contribution in [-0.2, 0) is 0 Å². The second-order valence-electron chi connectivity index (χ2n) is 2.69. The lowest BCUT2D eigenvalue weighted by Gasteiger charge is -2.10. The average Bonchev–Trinajstić information content (AvgIpc) is 2.08. The molecule has 3 N–H and O–H groups in total. The van der Waals surface area contributed by atoms with Crippen molar-refractivity contribution in [2.75, 3.05) is 0 Å². The molecular formula is C9H12FNO. The van der Waals surface area contributed by atoms with Gasteiger partial charge in [-0.05, 0) is 12.5 Å². The van der Waals surface area contributed by atoms with Crippen LogP contribution in [0.2, 0.25) is 0 Å². The van der Waals surface area contributed by atoms with Crippen LogP contribution in [0.15, 0.2) is 18.2 Å². The Bertz CT molecular complexity index is 275. The molecule has 2 nitrogen and oxygen atoms in total. The van der Waals surface area contributed by atoms with Crippen molar-refractivity contribution in [3.05, 3.63) is 29.6 Å². The minimum absolute atomic E-state index is 0.291. The Morgan fingerprint density at radius 3 is 2.83 bits per heavy atom. The third-order valence-electron chi connectivity index (χ3n) is 1.86. The normalized spacial score (nSPS) is 12.9. The second kappa shape index (κ2) is 3.54. The molecule has 0 saturated carbocycles. The van der Waals surface area contributed by atoms with Gasteiger partial charge in [0.2, 0.25) is 0 Å². The van der Waals surface area contributed by atoms with Gasteiger partial charge in [0.25, 0.3) is 0 Å². The fourth-order valence-corrected chi connectivity index (χ4v) is 1.05. The second-order valence-corrected chi connectivity index (χ2v) is 2.69. The number of hydrogen-bond acceptors (Lipinski definition) is 2. The van der Waals surface area contributed by atoms with E-state index in [1.807, 2.05) is 6.92 Å². The van der Waals surface area contributed by atoms with Gasteiger partial charge in [-0.2, -0.15) is 0 Å². The Morgan fingerprint density at radius 1 is 1.58 bits per heavy atom. The molecule has 0 unspecified atom stereocenters. The third kappa shape index (κ3) is 1.56. The van der Waals surface area contributed by atoms with Gasteiger partial charge in [-0.15, -0.1) is 0 Å². The molecule has 0 bridgehead atoms. The van der Waals surface area contributed by atoms with Crippen LogP contribution in [0.3, 0.4) is 0 Å². The van der Waals surface area contributed by atoms with Crippen molar-refractivity contribution in [2.24, 2.45) is 5.73 Å². The number of phenolic OH excluding ortho intramolecular Hbond substituents is 1. The van der Waals surface area contributed by atoms with E-state index in [4.69, 9.17) is 5.73 Å². The van der Waals surface area contributed by atoms with E-state index in [2.05, 4.69) is 0 Å². The van der Waals surface area contributed by atoms with Gasteiger partial charge in [0.05, 0.1) is 0 Å². The summed E-state index contributed by atoms with van der Waals surface area (Å²) in [5, 5.41) is 9.24. The third-order valence-corrected chi connectivity index (χ3v) is 1.86. The molecule has 0 radical (unpaired) electrons. The molecule has 0 fully saturated rings. The van der Waals surface area contributed by atoms with Crippen molar-refractivity contribution in [1.29, 1.82) is 0 Å². The molecule has 0 aliphatic heterocycles. The fraction of sp³-hybridized carbons (Fsp3) is 0.333.